The maximum atomic E-state index is 13.5. The van der Waals surface area contributed by atoms with Crippen molar-refractivity contribution in [3.8, 4) is 16.9 Å². The van der Waals surface area contributed by atoms with Gasteiger partial charge in [-0.25, -0.2) is 9.07 Å². The molecule has 1 N–H and O–H groups in total. The van der Waals surface area contributed by atoms with Crippen molar-refractivity contribution in [1.29, 1.82) is 0 Å². The minimum absolute atomic E-state index is 0.235. The third-order valence-corrected chi connectivity index (χ3v) is 6.65. The third kappa shape index (κ3) is 5.30. The molecule has 180 valence electrons. The van der Waals surface area contributed by atoms with Crippen LogP contribution in [0.2, 0.25) is 0 Å². The van der Waals surface area contributed by atoms with E-state index in [1.54, 1.807) is 24.3 Å². The highest BCUT2D eigenvalue weighted by Gasteiger charge is 2.31. The van der Waals surface area contributed by atoms with Crippen molar-refractivity contribution in [1.82, 2.24) is 15.1 Å². The Kier molecular flexibility index (Phi) is 6.43. The molecule has 0 amide bonds. The Balaban J connectivity index is 1.30. The largest absolute Gasteiger partial charge is 0.416 e. The lowest BCUT2D eigenvalue weighted by Gasteiger charge is -2.15. The number of alkyl halides is 3. The molecule has 7 heteroatoms. The topological polar surface area (TPSA) is 29.9 Å². The van der Waals surface area contributed by atoms with E-state index in [1.807, 2.05) is 41.2 Å². The molecular weight excluding hydrogens is 454 g/mol. The standard InChI is InChI=1S/C28H25F4N3/c29-24-13-8-20(9-14-24)27-22(18-35(34-27)26-4-2-1-3-5-26)17-33-25-15-10-21(16-25)19-6-11-23(12-7-19)28(30,31)32/h1-9,11-14,18,21,25,33H,10,15-17H2. The first-order valence-corrected chi connectivity index (χ1v) is 11.7. The van der Waals surface area contributed by atoms with Crippen molar-refractivity contribution in [2.75, 3.05) is 0 Å². The van der Waals surface area contributed by atoms with Gasteiger partial charge in [0.05, 0.1) is 16.9 Å². The Morgan fingerprint density at radius 1 is 0.886 bits per heavy atom. The van der Waals surface area contributed by atoms with Crippen LogP contribution in [0.15, 0.2) is 85.1 Å². The summed E-state index contributed by atoms with van der Waals surface area (Å²) in [5.41, 5.74) is 3.90. The lowest BCUT2D eigenvalue weighted by Crippen LogP contribution is -2.25. The predicted molar refractivity (Wildman–Crippen MR) is 128 cm³/mol. The van der Waals surface area contributed by atoms with E-state index in [-0.39, 0.29) is 17.8 Å². The molecule has 3 aromatic carbocycles. The summed E-state index contributed by atoms with van der Waals surface area (Å²) in [4.78, 5) is 0. The molecule has 1 aromatic heterocycles. The van der Waals surface area contributed by atoms with Crippen LogP contribution in [0.4, 0.5) is 17.6 Å². The molecule has 1 heterocycles. The molecule has 0 bridgehead atoms. The molecule has 0 aliphatic heterocycles. The van der Waals surface area contributed by atoms with Crippen molar-refractivity contribution < 1.29 is 17.6 Å². The van der Waals surface area contributed by atoms with Crippen LogP contribution in [0.25, 0.3) is 16.9 Å². The second kappa shape index (κ2) is 9.66. The molecule has 1 saturated carbocycles. The van der Waals surface area contributed by atoms with Crippen LogP contribution in [0.1, 0.15) is 41.9 Å². The Morgan fingerprint density at radius 2 is 1.60 bits per heavy atom. The van der Waals surface area contributed by atoms with Crippen molar-refractivity contribution in [2.24, 2.45) is 0 Å². The van der Waals surface area contributed by atoms with Crippen LogP contribution < -0.4 is 5.32 Å². The number of nitrogens with zero attached hydrogens (tertiary/aromatic N) is 2. The molecule has 2 atom stereocenters. The van der Waals surface area contributed by atoms with Crippen LogP contribution in [0.5, 0.6) is 0 Å². The number of rotatable bonds is 6. The van der Waals surface area contributed by atoms with E-state index in [4.69, 9.17) is 5.10 Å². The molecule has 0 spiro atoms. The third-order valence-electron chi connectivity index (χ3n) is 6.65. The van der Waals surface area contributed by atoms with Gasteiger partial charge in [-0.3, -0.25) is 0 Å². The molecular formula is C28H25F4N3. The van der Waals surface area contributed by atoms with Crippen molar-refractivity contribution in [3.05, 3.63) is 108 Å². The van der Waals surface area contributed by atoms with Gasteiger partial charge >= 0.3 is 6.18 Å². The minimum Gasteiger partial charge on any atom is -0.310 e. The van der Waals surface area contributed by atoms with Gasteiger partial charge in [0.1, 0.15) is 5.82 Å². The summed E-state index contributed by atoms with van der Waals surface area (Å²) in [5.74, 6) is -0.0606. The predicted octanol–water partition coefficient (Wildman–Crippen LogP) is 7.12. The van der Waals surface area contributed by atoms with E-state index in [0.29, 0.717) is 6.54 Å². The first kappa shape index (κ1) is 23.3. The summed E-state index contributed by atoms with van der Waals surface area (Å²) < 4.78 is 53.9. The first-order chi connectivity index (χ1) is 16.9. The average molecular weight is 480 g/mol. The number of nitrogens with one attached hydrogen (secondary N) is 1. The van der Waals surface area contributed by atoms with Crippen LogP contribution >= 0.6 is 0 Å². The minimum atomic E-state index is -4.31. The fraction of sp³-hybridized carbons (Fsp3) is 0.250. The van der Waals surface area contributed by atoms with Crippen LogP contribution in [-0.2, 0) is 12.7 Å². The number of benzene rings is 3. The first-order valence-electron chi connectivity index (χ1n) is 11.7. The zero-order valence-electron chi connectivity index (χ0n) is 19.0. The summed E-state index contributed by atoms with van der Waals surface area (Å²) >= 11 is 0. The average Bonchev–Trinajstić information content (AvgIpc) is 3.51. The Labute approximate surface area is 201 Å². The quantitative estimate of drug-likeness (QED) is 0.298. The maximum absolute atomic E-state index is 13.5. The highest BCUT2D eigenvalue weighted by atomic mass is 19.4. The molecule has 4 aromatic rings. The second-order valence-corrected chi connectivity index (χ2v) is 9.00. The van der Waals surface area contributed by atoms with Gasteiger partial charge in [0.2, 0.25) is 0 Å². The molecule has 3 nitrogen and oxygen atoms in total. The Bertz CT molecular complexity index is 1260. The number of hydrogen-bond acceptors (Lipinski definition) is 2. The SMILES string of the molecule is Fc1ccc(-c2nn(-c3ccccc3)cc2CNC2CCC(c3ccc(C(F)(F)F)cc3)C2)cc1. The molecule has 1 aliphatic carbocycles. The van der Waals surface area contributed by atoms with Gasteiger partial charge in [-0.1, -0.05) is 30.3 Å². The second-order valence-electron chi connectivity index (χ2n) is 9.00. The number of hydrogen-bond donors (Lipinski definition) is 1. The van der Waals surface area contributed by atoms with E-state index in [1.165, 1.54) is 24.3 Å². The molecule has 0 saturated heterocycles. The summed E-state index contributed by atoms with van der Waals surface area (Å²) in [5, 5.41) is 8.39. The number of aromatic nitrogens is 2. The van der Waals surface area contributed by atoms with Gasteiger partial charge in [-0.2, -0.15) is 18.3 Å². The van der Waals surface area contributed by atoms with Gasteiger partial charge in [0.15, 0.2) is 0 Å². The zero-order valence-corrected chi connectivity index (χ0v) is 19.0. The molecule has 5 rings (SSSR count). The van der Waals surface area contributed by atoms with Gasteiger partial charge in [-0.15, -0.1) is 0 Å². The van der Waals surface area contributed by atoms with Crippen LogP contribution in [-0.4, -0.2) is 15.8 Å². The number of para-hydroxylation sites is 1. The fourth-order valence-corrected chi connectivity index (χ4v) is 4.77. The van der Waals surface area contributed by atoms with Gasteiger partial charge in [0.25, 0.3) is 0 Å². The van der Waals surface area contributed by atoms with Crippen molar-refractivity contribution in [3.63, 3.8) is 0 Å². The molecule has 35 heavy (non-hydrogen) atoms. The smallest absolute Gasteiger partial charge is 0.310 e. The summed E-state index contributed by atoms with van der Waals surface area (Å²) in [6.45, 7) is 0.587. The fourth-order valence-electron chi connectivity index (χ4n) is 4.77. The van der Waals surface area contributed by atoms with Crippen molar-refractivity contribution >= 4 is 0 Å². The highest BCUT2D eigenvalue weighted by Crippen LogP contribution is 2.37. The normalized spacial score (nSPS) is 18.2. The summed E-state index contributed by atoms with van der Waals surface area (Å²) in [7, 11) is 0. The highest BCUT2D eigenvalue weighted by molar-refractivity contribution is 5.63. The van der Waals surface area contributed by atoms with Crippen molar-refractivity contribution in [2.45, 2.75) is 43.9 Å². The van der Waals surface area contributed by atoms with E-state index in [9.17, 15) is 17.6 Å². The van der Waals surface area contributed by atoms with Crippen LogP contribution in [0.3, 0.4) is 0 Å². The van der Waals surface area contributed by atoms with Crippen LogP contribution in [0, 0.1) is 5.82 Å². The summed E-state index contributed by atoms with van der Waals surface area (Å²) in [6, 6.07) is 21.9. The van der Waals surface area contributed by atoms with E-state index < -0.39 is 11.7 Å². The monoisotopic (exact) mass is 479 g/mol. The lowest BCUT2D eigenvalue weighted by atomic mass is 9.96. The van der Waals surface area contributed by atoms with Gasteiger partial charge in [-0.05, 0) is 79.3 Å². The molecule has 2 unspecified atom stereocenters. The van der Waals surface area contributed by atoms with E-state index >= 15 is 0 Å². The van der Waals surface area contributed by atoms with Gasteiger partial charge < -0.3 is 5.32 Å². The molecule has 1 aliphatic rings. The number of halogens is 4. The maximum Gasteiger partial charge on any atom is 0.416 e. The van der Waals surface area contributed by atoms with E-state index in [0.717, 1.165) is 47.3 Å². The molecule has 1 fully saturated rings. The zero-order chi connectivity index (χ0) is 24.4. The Hall–Kier alpha value is -3.45. The van der Waals surface area contributed by atoms with Gasteiger partial charge in [0, 0.05) is 29.9 Å². The molecule has 0 radical (unpaired) electrons. The van der Waals surface area contributed by atoms with E-state index in [2.05, 4.69) is 5.32 Å². The summed E-state index contributed by atoms with van der Waals surface area (Å²) in [6.07, 6.45) is 0.416. The lowest BCUT2D eigenvalue weighted by molar-refractivity contribution is -0.137. The Morgan fingerprint density at radius 3 is 2.29 bits per heavy atom.